The fourth-order valence-electron chi connectivity index (χ4n) is 3.72. The number of carbonyl (C=O) groups is 3. The van der Waals surface area contributed by atoms with Crippen LogP contribution < -0.4 is 10.5 Å². The molecule has 0 saturated heterocycles. The summed E-state index contributed by atoms with van der Waals surface area (Å²) in [6, 6.07) is 9.86. The van der Waals surface area contributed by atoms with Gasteiger partial charge in [-0.2, -0.15) is 8.42 Å². The van der Waals surface area contributed by atoms with Gasteiger partial charge in [-0.25, -0.2) is 14.2 Å². The van der Waals surface area contributed by atoms with E-state index in [-0.39, 0.29) is 29.2 Å². The first-order valence-electron chi connectivity index (χ1n) is 10.2. The zero-order chi connectivity index (χ0) is 26.1. The third-order valence-corrected chi connectivity index (χ3v) is 7.34. The SMILES string of the molecule is CC(=O)N(CCC(NC(=O)c1cc2c(Cl)c(Cl)ccc2n1C)c1cccc(C(=O)O)c1)S(N)(=O)=O. The molecule has 2 aromatic carbocycles. The lowest BCUT2D eigenvalue weighted by Crippen LogP contribution is -2.42. The first kappa shape index (κ1) is 26.5. The number of carboxylic acid groups (broad SMARTS) is 1. The third kappa shape index (κ3) is 5.76. The van der Waals surface area contributed by atoms with Crippen molar-refractivity contribution in [3.8, 4) is 0 Å². The molecule has 1 unspecified atom stereocenters. The highest BCUT2D eigenvalue weighted by Crippen LogP contribution is 2.32. The van der Waals surface area contributed by atoms with E-state index in [0.29, 0.717) is 25.8 Å². The molecule has 186 valence electrons. The second-order valence-corrected chi connectivity index (χ2v) is 10.0. The number of hydrogen-bond acceptors (Lipinski definition) is 5. The number of carboxylic acids is 1. The molecule has 0 fully saturated rings. The highest BCUT2D eigenvalue weighted by atomic mass is 35.5. The molecule has 3 aromatic rings. The monoisotopic (exact) mass is 540 g/mol. The summed E-state index contributed by atoms with van der Waals surface area (Å²) in [6.45, 7) is 0.709. The largest absolute Gasteiger partial charge is 0.478 e. The number of rotatable bonds is 8. The summed E-state index contributed by atoms with van der Waals surface area (Å²) >= 11 is 12.4. The van der Waals surface area contributed by atoms with Crippen LogP contribution >= 0.6 is 23.2 Å². The van der Waals surface area contributed by atoms with Crippen molar-refractivity contribution >= 4 is 62.1 Å². The number of nitrogens with one attached hydrogen (secondary N) is 1. The Morgan fingerprint density at radius 1 is 1.17 bits per heavy atom. The van der Waals surface area contributed by atoms with Gasteiger partial charge in [0.25, 0.3) is 5.91 Å². The summed E-state index contributed by atoms with van der Waals surface area (Å²) in [5, 5.41) is 18.5. The molecule has 1 atom stereocenters. The number of aromatic carboxylic acids is 1. The van der Waals surface area contributed by atoms with E-state index in [1.165, 1.54) is 18.2 Å². The van der Waals surface area contributed by atoms with Gasteiger partial charge in [-0.05, 0) is 42.3 Å². The Bertz CT molecular complexity index is 1440. The van der Waals surface area contributed by atoms with E-state index in [1.807, 2.05) is 0 Å². The van der Waals surface area contributed by atoms with Crippen molar-refractivity contribution in [1.29, 1.82) is 0 Å². The lowest BCUT2D eigenvalue weighted by Gasteiger charge is -2.24. The molecule has 10 nitrogen and oxygen atoms in total. The zero-order valence-corrected chi connectivity index (χ0v) is 21.0. The molecule has 1 heterocycles. The van der Waals surface area contributed by atoms with E-state index >= 15 is 0 Å². The number of aryl methyl sites for hydroxylation is 1. The molecule has 0 aliphatic carbocycles. The molecular weight excluding hydrogens is 519 g/mol. The predicted octanol–water partition coefficient (Wildman–Crippen LogP) is 3.10. The first-order chi connectivity index (χ1) is 16.3. The average molecular weight is 541 g/mol. The summed E-state index contributed by atoms with van der Waals surface area (Å²) in [4.78, 5) is 36.5. The number of nitrogens with zero attached hydrogens (tertiary/aromatic N) is 2. The van der Waals surface area contributed by atoms with Crippen LogP contribution in [0.15, 0.2) is 42.5 Å². The Kier molecular flexibility index (Phi) is 7.75. The first-order valence-corrected chi connectivity index (χ1v) is 12.5. The number of carbonyl (C=O) groups excluding carboxylic acids is 2. The summed E-state index contributed by atoms with van der Waals surface area (Å²) in [5.41, 5.74) is 1.27. The van der Waals surface area contributed by atoms with E-state index in [4.69, 9.17) is 28.3 Å². The second kappa shape index (κ2) is 10.2. The van der Waals surface area contributed by atoms with Crippen LogP contribution in [0.1, 0.15) is 45.8 Å². The quantitative estimate of drug-likeness (QED) is 0.399. The van der Waals surface area contributed by atoms with Gasteiger partial charge in [-0.1, -0.05) is 35.3 Å². The zero-order valence-electron chi connectivity index (χ0n) is 18.7. The minimum atomic E-state index is -4.33. The smallest absolute Gasteiger partial charge is 0.335 e. The van der Waals surface area contributed by atoms with Crippen molar-refractivity contribution in [2.75, 3.05) is 6.54 Å². The Morgan fingerprint density at radius 3 is 2.46 bits per heavy atom. The van der Waals surface area contributed by atoms with E-state index < -0.39 is 34.0 Å². The van der Waals surface area contributed by atoms with Crippen molar-refractivity contribution < 1.29 is 27.9 Å². The van der Waals surface area contributed by atoms with Gasteiger partial charge in [0.05, 0.1) is 21.7 Å². The molecular formula is C22H22Cl2N4O6S. The number of halogens is 2. The molecule has 2 amide bonds. The molecule has 4 N–H and O–H groups in total. The van der Waals surface area contributed by atoms with Crippen molar-refractivity contribution in [2.45, 2.75) is 19.4 Å². The molecule has 0 bridgehead atoms. The van der Waals surface area contributed by atoms with Gasteiger partial charge < -0.3 is 15.0 Å². The Labute approximate surface area is 211 Å². The maximum Gasteiger partial charge on any atom is 0.335 e. The number of hydrogen-bond donors (Lipinski definition) is 3. The van der Waals surface area contributed by atoms with Gasteiger partial charge in [0, 0.05) is 31.4 Å². The van der Waals surface area contributed by atoms with Gasteiger partial charge in [-0.3, -0.25) is 9.59 Å². The number of aromatic nitrogens is 1. The van der Waals surface area contributed by atoms with Crippen molar-refractivity contribution in [3.63, 3.8) is 0 Å². The Balaban J connectivity index is 1.98. The average Bonchev–Trinajstić information content (AvgIpc) is 3.11. The van der Waals surface area contributed by atoms with Crippen LogP contribution in [-0.2, 0) is 22.1 Å². The fourth-order valence-corrected chi connectivity index (χ4v) is 4.82. The minimum Gasteiger partial charge on any atom is -0.478 e. The molecule has 0 radical (unpaired) electrons. The maximum atomic E-state index is 13.3. The molecule has 0 aliphatic rings. The molecule has 35 heavy (non-hydrogen) atoms. The van der Waals surface area contributed by atoms with E-state index in [9.17, 15) is 27.9 Å². The van der Waals surface area contributed by atoms with Gasteiger partial charge in [0.15, 0.2) is 0 Å². The van der Waals surface area contributed by atoms with Crippen LogP contribution in [0.3, 0.4) is 0 Å². The molecule has 13 heteroatoms. The standard InChI is InChI=1S/C22H22Cl2N4O6S/c1-12(29)28(35(25,33)34)9-8-17(13-4-3-5-14(10-13)22(31)32)26-21(30)19-11-15-18(27(19)2)7-6-16(23)20(15)24/h3-7,10-11,17H,8-9H2,1-2H3,(H,26,30)(H,31,32)(H2,25,33,34). The van der Waals surface area contributed by atoms with Crippen molar-refractivity contribution in [3.05, 3.63) is 69.3 Å². The van der Waals surface area contributed by atoms with Crippen LogP contribution in [0.2, 0.25) is 10.0 Å². The van der Waals surface area contributed by atoms with Crippen LogP contribution in [0.5, 0.6) is 0 Å². The Hall–Kier alpha value is -3.12. The van der Waals surface area contributed by atoms with Crippen LogP contribution in [-0.4, -0.2) is 46.7 Å². The number of amides is 2. The third-order valence-electron chi connectivity index (χ3n) is 5.47. The van der Waals surface area contributed by atoms with Crippen molar-refractivity contribution in [2.24, 2.45) is 12.2 Å². The Morgan fingerprint density at radius 2 is 1.86 bits per heavy atom. The molecule has 0 spiro atoms. The molecule has 1 aromatic heterocycles. The minimum absolute atomic E-state index is 0.0253. The van der Waals surface area contributed by atoms with Crippen LogP contribution in [0.25, 0.3) is 10.9 Å². The molecule has 0 saturated carbocycles. The van der Waals surface area contributed by atoms with Gasteiger partial charge in [-0.15, -0.1) is 0 Å². The molecule has 0 aliphatic heterocycles. The summed E-state index contributed by atoms with van der Waals surface area (Å²) in [6.07, 6.45) is -0.0681. The van der Waals surface area contributed by atoms with E-state index in [1.54, 1.807) is 35.9 Å². The van der Waals surface area contributed by atoms with Crippen LogP contribution in [0.4, 0.5) is 0 Å². The number of fused-ring (bicyclic) bond motifs is 1. The summed E-state index contributed by atoms with van der Waals surface area (Å²) in [7, 11) is -2.66. The van der Waals surface area contributed by atoms with Gasteiger partial charge in [0.2, 0.25) is 5.91 Å². The van der Waals surface area contributed by atoms with Crippen molar-refractivity contribution in [1.82, 2.24) is 14.2 Å². The van der Waals surface area contributed by atoms with Gasteiger partial charge in [0.1, 0.15) is 5.69 Å². The van der Waals surface area contributed by atoms with Crippen LogP contribution in [0, 0.1) is 0 Å². The fraction of sp³-hybridized carbons (Fsp3) is 0.227. The summed E-state index contributed by atoms with van der Waals surface area (Å²) in [5.74, 6) is -2.50. The lowest BCUT2D eigenvalue weighted by molar-refractivity contribution is -0.124. The highest BCUT2D eigenvalue weighted by molar-refractivity contribution is 7.87. The second-order valence-electron chi connectivity index (χ2n) is 7.76. The number of nitrogens with two attached hydrogens (primary N) is 1. The normalized spacial score (nSPS) is 12.4. The molecule has 3 rings (SSSR count). The highest BCUT2D eigenvalue weighted by Gasteiger charge is 2.25. The van der Waals surface area contributed by atoms with E-state index in [2.05, 4.69) is 5.32 Å². The lowest BCUT2D eigenvalue weighted by atomic mass is 10.0. The summed E-state index contributed by atoms with van der Waals surface area (Å²) < 4.78 is 25.7. The number of benzene rings is 2. The van der Waals surface area contributed by atoms with Gasteiger partial charge >= 0.3 is 16.2 Å². The predicted molar refractivity (Wildman–Crippen MR) is 132 cm³/mol. The maximum absolute atomic E-state index is 13.3. The topological polar surface area (TPSA) is 152 Å². The van der Waals surface area contributed by atoms with E-state index in [0.717, 1.165) is 6.92 Å².